The van der Waals surface area contributed by atoms with Gasteiger partial charge in [0.05, 0.1) is 52.3 Å². The largest absolute Gasteiger partial charge is 0.493 e. The summed E-state index contributed by atoms with van der Waals surface area (Å²) in [5.74, 6) is 2.19. The molecule has 0 fully saturated rings. The molecule has 8 heteroatoms. The van der Waals surface area contributed by atoms with Crippen molar-refractivity contribution >= 4 is 22.5 Å². The summed E-state index contributed by atoms with van der Waals surface area (Å²) in [6.45, 7) is 0. The van der Waals surface area contributed by atoms with Gasteiger partial charge in [0.25, 0.3) is 5.91 Å². The van der Waals surface area contributed by atoms with Gasteiger partial charge in [-0.2, -0.15) is 0 Å². The van der Waals surface area contributed by atoms with E-state index in [9.17, 15) is 4.79 Å². The third-order valence-electron chi connectivity index (χ3n) is 5.56. The summed E-state index contributed by atoms with van der Waals surface area (Å²) in [6, 6.07) is 18.1. The number of hydrogen-bond acceptors (Lipinski definition) is 7. The highest BCUT2D eigenvalue weighted by Crippen LogP contribution is 2.40. The minimum absolute atomic E-state index is 0.306. The Hall–Kier alpha value is -4.46. The van der Waals surface area contributed by atoms with Crippen LogP contribution in [-0.4, -0.2) is 46.4 Å². The van der Waals surface area contributed by atoms with E-state index in [0.29, 0.717) is 51.2 Å². The molecule has 1 N–H and O–H groups in total. The number of benzene rings is 3. The van der Waals surface area contributed by atoms with Gasteiger partial charge in [-0.15, -0.1) is 0 Å². The summed E-state index contributed by atoms with van der Waals surface area (Å²) in [5, 5.41) is 3.67. The number of para-hydroxylation sites is 1. The van der Waals surface area contributed by atoms with Crippen LogP contribution in [0.1, 0.15) is 10.4 Å². The number of ether oxygens (including phenoxy) is 5. The third kappa shape index (κ3) is 4.63. The Morgan fingerprint density at radius 2 is 1.37 bits per heavy atom. The fraction of sp³-hybridized carbons (Fsp3) is 0.185. The Morgan fingerprint density at radius 3 is 2.00 bits per heavy atom. The van der Waals surface area contributed by atoms with E-state index in [0.717, 1.165) is 10.9 Å². The minimum Gasteiger partial charge on any atom is -0.493 e. The molecule has 0 unspecified atom stereocenters. The first-order valence-electron chi connectivity index (χ1n) is 10.8. The first-order valence-corrected chi connectivity index (χ1v) is 10.8. The van der Waals surface area contributed by atoms with Crippen LogP contribution in [0.25, 0.3) is 22.2 Å². The fourth-order valence-electron chi connectivity index (χ4n) is 3.86. The van der Waals surface area contributed by atoms with E-state index in [1.807, 2.05) is 36.4 Å². The molecule has 1 aromatic heterocycles. The normalized spacial score (nSPS) is 10.5. The van der Waals surface area contributed by atoms with Crippen LogP contribution in [-0.2, 0) is 0 Å². The second-order valence-corrected chi connectivity index (χ2v) is 7.51. The zero-order valence-electron chi connectivity index (χ0n) is 20.2. The standard InChI is InChI=1S/C27H26N2O6/c1-31-22-11-10-16(12-23(22)32-2)21-15-19(18-8-6-7-9-20(18)29-21)27(30)28-17-13-24(33-3)26(35-5)25(14-17)34-4/h6-15H,1-5H3,(H,28,30). The smallest absolute Gasteiger partial charge is 0.256 e. The average molecular weight is 475 g/mol. The number of aromatic nitrogens is 1. The van der Waals surface area contributed by atoms with Gasteiger partial charge in [0.1, 0.15) is 0 Å². The predicted molar refractivity (Wildman–Crippen MR) is 134 cm³/mol. The molecule has 3 aromatic carbocycles. The van der Waals surface area contributed by atoms with Gasteiger partial charge in [-0.3, -0.25) is 4.79 Å². The molecule has 180 valence electrons. The molecule has 4 rings (SSSR count). The maximum atomic E-state index is 13.5. The average Bonchev–Trinajstić information content (AvgIpc) is 2.91. The molecule has 0 aliphatic rings. The molecule has 0 saturated carbocycles. The summed E-state index contributed by atoms with van der Waals surface area (Å²) in [6.07, 6.45) is 0. The zero-order valence-corrected chi connectivity index (χ0v) is 20.2. The van der Waals surface area contributed by atoms with E-state index in [2.05, 4.69) is 5.32 Å². The van der Waals surface area contributed by atoms with Gasteiger partial charge >= 0.3 is 0 Å². The molecule has 35 heavy (non-hydrogen) atoms. The Bertz CT molecular complexity index is 1360. The van der Waals surface area contributed by atoms with Crippen LogP contribution < -0.4 is 29.0 Å². The lowest BCUT2D eigenvalue weighted by molar-refractivity contribution is 0.102. The lowest BCUT2D eigenvalue weighted by Crippen LogP contribution is -2.13. The van der Waals surface area contributed by atoms with Gasteiger partial charge in [0, 0.05) is 28.8 Å². The Kier molecular flexibility index (Phi) is 6.91. The number of carbonyl (C=O) groups is 1. The topological polar surface area (TPSA) is 88.1 Å². The lowest BCUT2D eigenvalue weighted by atomic mass is 10.0. The van der Waals surface area contributed by atoms with Gasteiger partial charge in [-0.1, -0.05) is 18.2 Å². The zero-order chi connectivity index (χ0) is 24.9. The molecule has 8 nitrogen and oxygen atoms in total. The van der Waals surface area contributed by atoms with Crippen LogP contribution in [0.3, 0.4) is 0 Å². The fourth-order valence-corrected chi connectivity index (χ4v) is 3.86. The Labute approximate surface area is 203 Å². The summed E-state index contributed by atoms with van der Waals surface area (Å²) in [4.78, 5) is 18.3. The van der Waals surface area contributed by atoms with Gasteiger partial charge in [0.2, 0.25) is 5.75 Å². The number of hydrogen-bond donors (Lipinski definition) is 1. The Balaban J connectivity index is 1.79. The van der Waals surface area contributed by atoms with Gasteiger partial charge in [-0.25, -0.2) is 4.98 Å². The van der Waals surface area contributed by atoms with E-state index in [1.54, 1.807) is 38.5 Å². The number of nitrogens with one attached hydrogen (secondary N) is 1. The van der Waals surface area contributed by atoms with Crippen molar-refractivity contribution in [1.29, 1.82) is 0 Å². The SMILES string of the molecule is COc1ccc(-c2cc(C(=O)Nc3cc(OC)c(OC)c(OC)c3)c3ccccc3n2)cc1OC. The summed E-state index contributed by atoms with van der Waals surface area (Å²) < 4.78 is 27.0. The molecule has 0 aliphatic carbocycles. The van der Waals surface area contributed by atoms with Crippen molar-refractivity contribution in [1.82, 2.24) is 4.98 Å². The van der Waals surface area contributed by atoms with Crippen molar-refractivity contribution in [3.05, 3.63) is 66.2 Å². The van der Waals surface area contributed by atoms with Crippen LogP contribution in [0.15, 0.2) is 60.7 Å². The van der Waals surface area contributed by atoms with Crippen LogP contribution in [0.4, 0.5) is 5.69 Å². The molecular formula is C27H26N2O6. The molecular weight excluding hydrogens is 448 g/mol. The number of anilines is 1. The quantitative estimate of drug-likeness (QED) is 0.376. The van der Waals surface area contributed by atoms with E-state index in [-0.39, 0.29) is 5.91 Å². The van der Waals surface area contributed by atoms with Crippen LogP contribution in [0.2, 0.25) is 0 Å². The van der Waals surface area contributed by atoms with Crippen LogP contribution in [0, 0.1) is 0 Å². The van der Waals surface area contributed by atoms with E-state index < -0.39 is 0 Å². The molecule has 0 bridgehead atoms. The first-order chi connectivity index (χ1) is 17.0. The van der Waals surface area contributed by atoms with Crippen molar-refractivity contribution < 1.29 is 28.5 Å². The van der Waals surface area contributed by atoms with Crippen molar-refractivity contribution in [2.45, 2.75) is 0 Å². The number of carbonyl (C=O) groups excluding carboxylic acids is 1. The van der Waals surface area contributed by atoms with E-state index >= 15 is 0 Å². The number of pyridine rings is 1. The minimum atomic E-state index is -0.306. The third-order valence-corrected chi connectivity index (χ3v) is 5.56. The monoisotopic (exact) mass is 474 g/mol. The van der Waals surface area contributed by atoms with Crippen molar-refractivity contribution in [2.24, 2.45) is 0 Å². The van der Waals surface area contributed by atoms with E-state index in [4.69, 9.17) is 28.7 Å². The molecule has 0 radical (unpaired) electrons. The summed E-state index contributed by atoms with van der Waals surface area (Å²) in [5.41, 5.74) is 3.07. The van der Waals surface area contributed by atoms with Crippen LogP contribution >= 0.6 is 0 Å². The number of fused-ring (bicyclic) bond motifs is 1. The molecule has 4 aromatic rings. The molecule has 1 amide bonds. The molecule has 0 aliphatic heterocycles. The summed E-state index contributed by atoms with van der Waals surface area (Å²) in [7, 11) is 7.73. The van der Waals surface area contributed by atoms with Crippen molar-refractivity contribution in [3.8, 4) is 40.0 Å². The number of nitrogens with zero attached hydrogens (tertiary/aromatic N) is 1. The number of amides is 1. The van der Waals surface area contributed by atoms with Crippen molar-refractivity contribution in [2.75, 3.05) is 40.9 Å². The highest BCUT2D eigenvalue weighted by atomic mass is 16.5. The second-order valence-electron chi connectivity index (χ2n) is 7.51. The van der Waals surface area contributed by atoms with Crippen molar-refractivity contribution in [3.63, 3.8) is 0 Å². The number of methoxy groups -OCH3 is 5. The maximum Gasteiger partial charge on any atom is 0.256 e. The maximum absolute atomic E-state index is 13.5. The molecule has 0 spiro atoms. The lowest BCUT2D eigenvalue weighted by Gasteiger charge is -2.15. The van der Waals surface area contributed by atoms with Gasteiger partial charge in [0.15, 0.2) is 23.0 Å². The first kappa shape index (κ1) is 23.7. The molecule has 0 saturated heterocycles. The van der Waals surface area contributed by atoms with Gasteiger partial charge in [-0.05, 0) is 30.3 Å². The number of rotatable bonds is 8. The molecule has 1 heterocycles. The highest BCUT2D eigenvalue weighted by Gasteiger charge is 2.18. The second kappa shape index (κ2) is 10.2. The van der Waals surface area contributed by atoms with Crippen LogP contribution in [0.5, 0.6) is 28.7 Å². The van der Waals surface area contributed by atoms with Gasteiger partial charge < -0.3 is 29.0 Å². The van der Waals surface area contributed by atoms with E-state index in [1.165, 1.54) is 21.3 Å². The predicted octanol–water partition coefficient (Wildman–Crippen LogP) is 5.20. The highest BCUT2D eigenvalue weighted by molar-refractivity contribution is 6.13. The molecule has 0 atom stereocenters. The Morgan fingerprint density at radius 1 is 0.714 bits per heavy atom. The summed E-state index contributed by atoms with van der Waals surface area (Å²) >= 11 is 0.